The van der Waals surface area contributed by atoms with E-state index in [0.29, 0.717) is 33.1 Å². The fourth-order valence-corrected chi connectivity index (χ4v) is 4.46. The first kappa shape index (κ1) is 23.7. The second-order valence-electron chi connectivity index (χ2n) is 7.36. The van der Waals surface area contributed by atoms with E-state index in [2.05, 4.69) is 31.4 Å². The molecule has 0 aliphatic heterocycles. The van der Waals surface area contributed by atoms with E-state index in [1.165, 1.54) is 22.5 Å². The van der Waals surface area contributed by atoms with Gasteiger partial charge in [-0.2, -0.15) is 5.10 Å². The first-order valence-corrected chi connectivity index (χ1v) is 12.1. The number of nitrogens with zero attached hydrogens (tertiary/aromatic N) is 3. The van der Waals surface area contributed by atoms with Crippen molar-refractivity contribution in [3.63, 3.8) is 0 Å². The Kier molecular flexibility index (Phi) is 7.44. The molecule has 0 aliphatic rings. The fraction of sp³-hybridized carbons (Fsp3) is 0.120. The summed E-state index contributed by atoms with van der Waals surface area (Å²) in [5.74, 6) is 0.343. The van der Waals surface area contributed by atoms with Crippen molar-refractivity contribution in [2.75, 3.05) is 12.9 Å². The Morgan fingerprint density at radius 3 is 2.71 bits per heavy atom. The van der Waals surface area contributed by atoms with Crippen LogP contribution in [0.2, 0.25) is 0 Å². The van der Waals surface area contributed by atoms with E-state index in [1.54, 1.807) is 25.3 Å². The number of hydrogen-bond acceptors (Lipinski definition) is 6. The molecule has 7 nitrogen and oxygen atoms in total. The number of ether oxygens (including phenoxy) is 1. The molecule has 4 aromatic rings. The van der Waals surface area contributed by atoms with Crippen molar-refractivity contribution in [2.45, 2.75) is 12.1 Å². The number of methoxy groups -OCH3 is 1. The van der Waals surface area contributed by atoms with Gasteiger partial charge in [0.15, 0.2) is 5.16 Å². The molecule has 1 amide bonds. The number of thioether (sulfide) groups is 1. The number of benzene rings is 3. The molecule has 34 heavy (non-hydrogen) atoms. The van der Waals surface area contributed by atoms with E-state index in [0.717, 1.165) is 10.0 Å². The second-order valence-corrected chi connectivity index (χ2v) is 9.21. The predicted molar refractivity (Wildman–Crippen MR) is 139 cm³/mol. The minimum Gasteiger partial charge on any atom is -0.496 e. The Hall–Kier alpha value is -3.43. The Morgan fingerprint density at radius 1 is 1.18 bits per heavy atom. The molecule has 0 unspecified atom stereocenters. The standard InChI is InChI=1S/C25H21BrN4O3S/c1-16-7-10-19(11-8-16)30-24(32)20-5-3-4-6-21(20)28-25(30)34-15-23(31)29-27-14-17-13-18(26)9-12-22(17)33-2/h3-14H,15H2,1-2H3,(H,29,31)/b27-14-. The van der Waals surface area contributed by atoms with Crippen LogP contribution in [-0.2, 0) is 4.79 Å². The van der Waals surface area contributed by atoms with Gasteiger partial charge in [-0.3, -0.25) is 14.2 Å². The van der Waals surface area contributed by atoms with E-state index in [4.69, 9.17) is 4.74 Å². The van der Waals surface area contributed by atoms with E-state index < -0.39 is 0 Å². The van der Waals surface area contributed by atoms with Gasteiger partial charge < -0.3 is 4.74 Å². The van der Waals surface area contributed by atoms with Crippen LogP contribution in [0.5, 0.6) is 5.75 Å². The number of para-hydroxylation sites is 1. The van der Waals surface area contributed by atoms with Crippen molar-refractivity contribution in [3.8, 4) is 11.4 Å². The first-order valence-electron chi connectivity index (χ1n) is 10.3. The third-order valence-corrected chi connectivity index (χ3v) is 6.39. The van der Waals surface area contributed by atoms with Crippen LogP contribution in [0, 0.1) is 6.92 Å². The van der Waals surface area contributed by atoms with Crippen LogP contribution in [0.15, 0.2) is 86.3 Å². The zero-order chi connectivity index (χ0) is 24.1. The molecule has 0 aliphatic carbocycles. The molecular weight excluding hydrogens is 516 g/mol. The fourth-order valence-electron chi connectivity index (χ4n) is 3.27. The van der Waals surface area contributed by atoms with Gasteiger partial charge in [-0.05, 0) is 49.4 Å². The molecule has 172 valence electrons. The summed E-state index contributed by atoms with van der Waals surface area (Å²) in [4.78, 5) is 30.4. The van der Waals surface area contributed by atoms with Gasteiger partial charge in [0.05, 0.1) is 35.7 Å². The van der Waals surface area contributed by atoms with Crippen molar-refractivity contribution in [2.24, 2.45) is 5.10 Å². The molecule has 0 saturated heterocycles. The Labute approximate surface area is 209 Å². The summed E-state index contributed by atoms with van der Waals surface area (Å²) in [6, 6.07) is 20.3. The van der Waals surface area contributed by atoms with E-state index in [-0.39, 0.29) is 17.2 Å². The average molecular weight is 537 g/mol. The number of halogens is 1. The van der Waals surface area contributed by atoms with Crippen LogP contribution in [0.1, 0.15) is 11.1 Å². The normalized spacial score (nSPS) is 11.1. The molecular formula is C25H21BrN4O3S. The zero-order valence-corrected chi connectivity index (χ0v) is 20.9. The minimum absolute atomic E-state index is 0.0313. The summed E-state index contributed by atoms with van der Waals surface area (Å²) >= 11 is 4.58. The molecule has 0 saturated carbocycles. The Balaban J connectivity index is 1.55. The smallest absolute Gasteiger partial charge is 0.266 e. The van der Waals surface area contributed by atoms with Gasteiger partial charge in [0.1, 0.15) is 5.75 Å². The molecule has 0 radical (unpaired) electrons. The molecule has 4 rings (SSSR count). The van der Waals surface area contributed by atoms with Gasteiger partial charge in [0.25, 0.3) is 11.5 Å². The second kappa shape index (κ2) is 10.7. The number of hydrazone groups is 1. The lowest BCUT2D eigenvalue weighted by molar-refractivity contribution is -0.118. The van der Waals surface area contributed by atoms with E-state index in [9.17, 15) is 9.59 Å². The van der Waals surface area contributed by atoms with Crippen molar-refractivity contribution in [1.29, 1.82) is 0 Å². The van der Waals surface area contributed by atoms with Crippen LogP contribution in [-0.4, -0.2) is 34.5 Å². The summed E-state index contributed by atoms with van der Waals surface area (Å²) in [5.41, 5.74) is 5.40. The van der Waals surface area contributed by atoms with E-state index >= 15 is 0 Å². The van der Waals surface area contributed by atoms with Crippen molar-refractivity contribution in [3.05, 3.63) is 92.7 Å². The first-order chi connectivity index (χ1) is 16.5. The van der Waals surface area contributed by atoms with Crippen LogP contribution >= 0.6 is 27.7 Å². The number of amides is 1. The molecule has 1 N–H and O–H groups in total. The molecule has 0 bridgehead atoms. The number of carbonyl (C=O) groups is 1. The Morgan fingerprint density at radius 2 is 1.94 bits per heavy atom. The highest BCUT2D eigenvalue weighted by Crippen LogP contribution is 2.22. The minimum atomic E-state index is -0.326. The number of carbonyl (C=O) groups excluding carboxylic acids is 1. The van der Waals surface area contributed by atoms with Gasteiger partial charge in [0.2, 0.25) is 0 Å². The number of fused-ring (bicyclic) bond motifs is 1. The molecule has 3 aromatic carbocycles. The van der Waals surface area contributed by atoms with Crippen LogP contribution in [0.25, 0.3) is 16.6 Å². The van der Waals surface area contributed by atoms with E-state index in [1.807, 2.05) is 55.5 Å². The highest BCUT2D eigenvalue weighted by molar-refractivity contribution is 9.10. The topological polar surface area (TPSA) is 85.6 Å². The van der Waals surface area contributed by atoms with Crippen molar-refractivity contribution >= 4 is 50.7 Å². The summed E-state index contributed by atoms with van der Waals surface area (Å²) < 4.78 is 7.71. The molecule has 0 spiro atoms. The maximum Gasteiger partial charge on any atom is 0.266 e. The van der Waals surface area contributed by atoms with Gasteiger partial charge >= 0.3 is 0 Å². The number of rotatable bonds is 7. The largest absolute Gasteiger partial charge is 0.496 e. The van der Waals surface area contributed by atoms with Crippen LogP contribution in [0.3, 0.4) is 0 Å². The van der Waals surface area contributed by atoms with Crippen LogP contribution < -0.4 is 15.7 Å². The number of aryl methyl sites for hydroxylation is 1. The van der Waals surface area contributed by atoms with Gasteiger partial charge in [0, 0.05) is 10.0 Å². The van der Waals surface area contributed by atoms with Gasteiger partial charge in [-0.1, -0.05) is 57.5 Å². The highest BCUT2D eigenvalue weighted by atomic mass is 79.9. The summed E-state index contributed by atoms with van der Waals surface area (Å²) in [7, 11) is 1.57. The third-order valence-electron chi connectivity index (χ3n) is 4.95. The molecule has 0 fully saturated rings. The lowest BCUT2D eigenvalue weighted by Crippen LogP contribution is -2.24. The van der Waals surface area contributed by atoms with Crippen LogP contribution in [0.4, 0.5) is 0 Å². The number of hydrogen-bond donors (Lipinski definition) is 1. The summed E-state index contributed by atoms with van der Waals surface area (Å²) in [6.07, 6.45) is 1.52. The quantitative estimate of drug-likeness (QED) is 0.160. The van der Waals surface area contributed by atoms with Crippen molar-refractivity contribution in [1.82, 2.24) is 15.0 Å². The third kappa shape index (κ3) is 5.37. The maximum atomic E-state index is 13.3. The molecule has 1 heterocycles. The molecule has 0 atom stereocenters. The number of aromatic nitrogens is 2. The Bertz CT molecular complexity index is 1430. The lowest BCUT2D eigenvalue weighted by Gasteiger charge is -2.13. The summed E-state index contributed by atoms with van der Waals surface area (Å²) in [5, 5.41) is 4.98. The monoisotopic (exact) mass is 536 g/mol. The van der Waals surface area contributed by atoms with Gasteiger partial charge in [-0.25, -0.2) is 10.4 Å². The molecule has 9 heteroatoms. The molecule has 1 aromatic heterocycles. The predicted octanol–water partition coefficient (Wildman–Crippen LogP) is 4.71. The average Bonchev–Trinajstić information content (AvgIpc) is 2.84. The lowest BCUT2D eigenvalue weighted by atomic mass is 10.2. The summed E-state index contributed by atoms with van der Waals surface area (Å²) in [6.45, 7) is 1.98. The SMILES string of the molecule is COc1ccc(Br)cc1/C=N\NC(=O)CSc1nc2ccccc2c(=O)n1-c1ccc(C)cc1. The highest BCUT2D eigenvalue weighted by Gasteiger charge is 2.14. The van der Waals surface area contributed by atoms with Crippen molar-refractivity contribution < 1.29 is 9.53 Å². The number of nitrogens with one attached hydrogen (secondary N) is 1. The van der Waals surface area contributed by atoms with Gasteiger partial charge in [-0.15, -0.1) is 0 Å². The maximum absolute atomic E-state index is 13.3. The zero-order valence-electron chi connectivity index (χ0n) is 18.5.